The summed E-state index contributed by atoms with van der Waals surface area (Å²) in [5.41, 5.74) is 0.445. The van der Waals surface area contributed by atoms with Gasteiger partial charge in [-0.2, -0.15) is 0 Å². The molecule has 13 heteroatoms. The minimum atomic E-state index is -6.00. The van der Waals surface area contributed by atoms with Crippen LogP contribution in [0.25, 0.3) is 5.76 Å². The van der Waals surface area contributed by atoms with Crippen molar-refractivity contribution >= 4 is 52.0 Å². The van der Waals surface area contributed by atoms with Gasteiger partial charge in [-0.1, -0.05) is 0 Å². The van der Waals surface area contributed by atoms with Gasteiger partial charge in [0.2, 0.25) is 0 Å². The molecule has 3 rings (SSSR count). The SMILES string of the molecule is C[S+](C)/C(=C(\O)c1ccccc1)[Se](OC(=O)C(F)(F)F)(c1ccccc1)c1ccccc1.F[B-](F)(F)F. The van der Waals surface area contributed by atoms with E-state index in [0.29, 0.717) is 18.3 Å². The summed E-state index contributed by atoms with van der Waals surface area (Å²) in [5.74, 6) is -2.43. The van der Waals surface area contributed by atoms with Crippen molar-refractivity contribution in [2.24, 2.45) is 0 Å². The molecular weight excluding hydrogens is 591 g/mol. The number of aliphatic hydroxyl groups is 1. The Morgan fingerprint density at radius 1 is 0.784 bits per heavy atom. The topological polar surface area (TPSA) is 46.5 Å². The molecule has 0 aromatic heterocycles. The molecule has 0 radical (unpaired) electrons. The van der Waals surface area contributed by atoms with Crippen molar-refractivity contribution in [3.63, 3.8) is 0 Å². The Kier molecular flexibility index (Phi) is 10.3. The van der Waals surface area contributed by atoms with E-state index in [-0.39, 0.29) is 5.76 Å². The van der Waals surface area contributed by atoms with E-state index >= 15 is 0 Å². The monoisotopic (exact) mass is 614 g/mol. The summed E-state index contributed by atoms with van der Waals surface area (Å²) in [5, 5.41) is 11.4. The summed E-state index contributed by atoms with van der Waals surface area (Å²) in [7, 11) is -6.74. The first-order valence-electron chi connectivity index (χ1n) is 10.4. The second kappa shape index (κ2) is 12.6. The van der Waals surface area contributed by atoms with Crippen molar-refractivity contribution in [3.8, 4) is 0 Å². The molecule has 200 valence electrons. The van der Waals surface area contributed by atoms with Crippen LogP contribution in [0.2, 0.25) is 0 Å². The molecule has 0 aliphatic heterocycles. The molecule has 3 nitrogen and oxygen atoms in total. The summed E-state index contributed by atoms with van der Waals surface area (Å²) < 4.78 is 86.2. The first-order valence-corrected chi connectivity index (χ1v) is 15.7. The smallest absolute Gasteiger partial charge is 0.418 e. The Morgan fingerprint density at radius 2 is 1.14 bits per heavy atom. The summed E-state index contributed by atoms with van der Waals surface area (Å²) >= 11 is -4.35. The van der Waals surface area contributed by atoms with Gasteiger partial charge in [0.15, 0.2) is 0 Å². The third-order valence-corrected chi connectivity index (χ3v) is 15.0. The number of rotatable bonds is 6. The van der Waals surface area contributed by atoms with E-state index in [2.05, 4.69) is 0 Å². The van der Waals surface area contributed by atoms with E-state index in [0.717, 1.165) is 0 Å². The third kappa shape index (κ3) is 8.31. The van der Waals surface area contributed by atoms with Crippen LogP contribution in [0, 0.1) is 0 Å². The second-order valence-electron chi connectivity index (χ2n) is 7.36. The summed E-state index contributed by atoms with van der Waals surface area (Å²) in [6.45, 7) is 0. The van der Waals surface area contributed by atoms with Crippen molar-refractivity contribution in [1.29, 1.82) is 0 Å². The Labute approximate surface area is 215 Å². The molecule has 0 bridgehead atoms. The average Bonchev–Trinajstić information content (AvgIpc) is 2.83. The van der Waals surface area contributed by atoms with Crippen LogP contribution in [0.5, 0.6) is 0 Å². The number of alkyl halides is 3. The Morgan fingerprint density at radius 3 is 1.46 bits per heavy atom. The quantitative estimate of drug-likeness (QED) is 0.173. The number of carbonyl (C=O) groups excluding carboxylic acids is 1. The van der Waals surface area contributed by atoms with Crippen molar-refractivity contribution in [3.05, 3.63) is 100 Å². The number of hydrogen-bond donors (Lipinski definition) is 1. The van der Waals surface area contributed by atoms with Gasteiger partial charge in [-0.05, 0) is 0 Å². The number of hydrogen-bond acceptors (Lipinski definition) is 3. The van der Waals surface area contributed by atoms with E-state index in [1.54, 1.807) is 104 Å². The van der Waals surface area contributed by atoms with Gasteiger partial charge in [-0.15, -0.1) is 0 Å². The molecule has 37 heavy (non-hydrogen) atoms. The second-order valence-corrected chi connectivity index (χ2v) is 15.5. The molecule has 0 spiro atoms. The van der Waals surface area contributed by atoms with E-state index < -0.39 is 43.5 Å². The third-order valence-electron chi connectivity index (χ3n) is 4.45. The molecule has 3 aromatic rings. The summed E-state index contributed by atoms with van der Waals surface area (Å²) in [6.07, 6.45) is -1.58. The molecule has 0 fully saturated rings. The van der Waals surface area contributed by atoms with Crippen LogP contribution in [-0.2, 0) is 19.5 Å². The maximum absolute atomic E-state index is 13.5. The van der Waals surface area contributed by atoms with Gasteiger partial charge in [0.25, 0.3) is 0 Å². The van der Waals surface area contributed by atoms with Gasteiger partial charge in [-0.3, -0.25) is 0 Å². The summed E-state index contributed by atoms with van der Waals surface area (Å²) in [6, 6.07) is 25.4. The molecular formula is C24H22BF7O3SSe. The van der Waals surface area contributed by atoms with Gasteiger partial charge in [0.05, 0.1) is 0 Å². The maximum atomic E-state index is 13.5. The average molecular weight is 613 g/mol. The van der Waals surface area contributed by atoms with Gasteiger partial charge in [0.1, 0.15) is 0 Å². The number of carbonyl (C=O) groups is 1. The molecule has 0 amide bonds. The molecule has 3 aromatic carbocycles. The standard InChI is InChI=1S/C24H21F3O3SSe.BF4/c1-31(2)22(21(28)18-12-6-3-7-13-18)32(19-14-8-4-9-15-19,20-16-10-5-11-17-20)30-23(29)24(25,26)27;2-1(3,4)5/h3-17H,1-2H3;/q;-1/p+1/b22-21+;. The van der Waals surface area contributed by atoms with Crippen LogP contribution < -0.4 is 8.92 Å². The van der Waals surface area contributed by atoms with E-state index in [4.69, 9.17) is 3.82 Å². The Hall–Kier alpha value is -2.89. The number of halogens is 7. The van der Waals surface area contributed by atoms with Gasteiger partial charge in [0, 0.05) is 0 Å². The fourth-order valence-corrected chi connectivity index (χ4v) is 14.0. The number of benzene rings is 3. The van der Waals surface area contributed by atoms with Crippen LogP contribution in [0.4, 0.5) is 30.4 Å². The zero-order chi connectivity index (χ0) is 27.9. The van der Waals surface area contributed by atoms with Crippen LogP contribution in [-0.4, -0.2) is 50.2 Å². The minimum Gasteiger partial charge on any atom is -0.418 e. The van der Waals surface area contributed by atoms with Crippen LogP contribution in [0.15, 0.2) is 94.8 Å². The molecule has 0 saturated carbocycles. The normalized spacial score (nSPS) is 13.2. The van der Waals surface area contributed by atoms with Crippen molar-refractivity contribution in [2.75, 3.05) is 12.5 Å². The molecule has 1 N–H and O–H groups in total. The minimum absolute atomic E-state index is 0.165. The van der Waals surface area contributed by atoms with Crippen molar-refractivity contribution in [1.82, 2.24) is 0 Å². The first kappa shape index (κ1) is 30.3. The Balaban J connectivity index is 0.000000877. The number of aliphatic hydroxyl groups excluding tert-OH is 1. The van der Waals surface area contributed by atoms with Crippen molar-refractivity contribution in [2.45, 2.75) is 6.18 Å². The zero-order valence-electron chi connectivity index (χ0n) is 19.5. The summed E-state index contributed by atoms with van der Waals surface area (Å²) in [4.78, 5) is 12.3. The van der Waals surface area contributed by atoms with E-state index in [9.17, 15) is 40.3 Å². The molecule has 0 aliphatic rings. The molecule has 0 aliphatic carbocycles. The molecule has 0 unspecified atom stereocenters. The van der Waals surface area contributed by atoms with Crippen LogP contribution in [0.3, 0.4) is 0 Å². The van der Waals surface area contributed by atoms with Gasteiger partial charge >= 0.3 is 198 Å². The first-order chi connectivity index (χ1) is 17.2. The van der Waals surface area contributed by atoms with E-state index in [1.807, 2.05) is 0 Å². The molecule has 0 atom stereocenters. The van der Waals surface area contributed by atoms with Crippen LogP contribution >= 0.6 is 0 Å². The predicted octanol–water partition coefficient (Wildman–Crippen LogP) is 5.50. The zero-order valence-corrected chi connectivity index (χ0v) is 22.0. The van der Waals surface area contributed by atoms with Gasteiger partial charge < -0.3 is 17.3 Å². The molecule has 0 saturated heterocycles. The van der Waals surface area contributed by atoms with E-state index in [1.165, 1.54) is 0 Å². The van der Waals surface area contributed by atoms with Crippen molar-refractivity contribution < 1.29 is 44.2 Å². The molecule has 0 heterocycles. The van der Waals surface area contributed by atoms with Gasteiger partial charge in [-0.25, -0.2) is 0 Å². The largest absolute Gasteiger partial charge is 0.673 e. The maximum Gasteiger partial charge on any atom is 0.673 e. The fraction of sp³-hybridized carbons (Fsp3) is 0.125. The van der Waals surface area contributed by atoms with Crippen LogP contribution in [0.1, 0.15) is 5.56 Å². The predicted molar refractivity (Wildman–Crippen MR) is 135 cm³/mol. The fourth-order valence-electron chi connectivity index (χ4n) is 3.15. The Bertz CT molecular complexity index is 1140.